The SMILES string of the molecule is COCCN1OC[C@H](NC(=O)OC(C)(C)C)C1=O. The van der Waals surface area contributed by atoms with Crippen LogP contribution in [0.25, 0.3) is 0 Å². The number of alkyl carbamates (subject to hydrolysis) is 1. The van der Waals surface area contributed by atoms with Gasteiger partial charge in [-0.1, -0.05) is 0 Å². The number of ether oxygens (including phenoxy) is 2. The Kier molecular flexibility index (Phi) is 4.92. The maximum absolute atomic E-state index is 11.8. The van der Waals surface area contributed by atoms with E-state index in [-0.39, 0.29) is 12.5 Å². The van der Waals surface area contributed by atoms with Gasteiger partial charge in [-0.05, 0) is 20.8 Å². The molecule has 2 amide bonds. The van der Waals surface area contributed by atoms with E-state index in [0.717, 1.165) is 0 Å². The molecule has 1 aliphatic rings. The van der Waals surface area contributed by atoms with Crippen molar-refractivity contribution in [1.82, 2.24) is 10.4 Å². The molecular weight excluding hydrogens is 240 g/mol. The summed E-state index contributed by atoms with van der Waals surface area (Å²) in [6, 6.07) is -0.697. The van der Waals surface area contributed by atoms with Crippen LogP contribution in [0.3, 0.4) is 0 Å². The lowest BCUT2D eigenvalue weighted by atomic mass is 10.2. The Bertz CT molecular complexity index is 313. The van der Waals surface area contributed by atoms with E-state index in [2.05, 4.69) is 5.32 Å². The van der Waals surface area contributed by atoms with E-state index < -0.39 is 17.7 Å². The van der Waals surface area contributed by atoms with Gasteiger partial charge in [0, 0.05) is 7.11 Å². The number of methoxy groups -OCH3 is 1. The topological polar surface area (TPSA) is 77.1 Å². The Labute approximate surface area is 106 Å². The van der Waals surface area contributed by atoms with Crippen LogP contribution < -0.4 is 5.32 Å². The number of hydrogen-bond donors (Lipinski definition) is 1. The molecule has 0 aromatic carbocycles. The van der Waals surface area contributed by atoms with Gasteiger partial charge in [0.05, 0.1) is 13.2 Å². The molecule has 1 heterocycles. The van der Waals surface area contributed by atoms with E-state index in [1.807, 2.05) is 0 Å². The van der Waals surface area contributed by atoms with Crippen LogP contribution in [-0.4, -0.2) is 55.6 Å². The molecular formula is C11H20N2O5. The number of carbonyl (C=O) groups excluding carboxylic acids is 2. The van der Waals surface area contributed by atoms with Crippen LogP contribution in [0.2, 0.25) is 0 Å². The lowest BCUT2D eigenvalue weighted by molar-refractivity contribution is -0.164. The van der Waals surface area contributed by atoms with Gasteiger partial charge in [-0.15, -0.1) is 0 Å². The van der Waals surface area contributed by atoms with E-state index in [9.17, 15) is 9.59 Å². The average Bonchev–Trinajstić information content (AvgIpc) is 2.55. The highest BCUT2D eigenvalue weighted by molar-refractivity contribution is 5.86. The molecule has 7 nitrogen and oxygen atoms in total. The van der Waals surface area contributed by atoms with Crippen LogP contribution in [0.5, 0.6) is 0 Å². The van der Waals surface area contributed by atoms with Gasteiger partial charge in [-0.3, -0.25) is 9.63 Å². The molecule has 1 aliphatic heterocycles. The van der Waals surface area contributed by atoms with Crippen molar-refractivity contribution in [3.63, 3.8) is 0 Å². The molecule has 1 rings (SSSR count). The van der Waals surface area contributed by atoms with Gasteiger partial charge in [0.15, 0.2) is 0 Å². The monoisotopic (exact) mass is 260 g/mol. The maximum Gasteiger partial charge on any atom is 0.408 e. The molecule has 0 bridgehead atoms. The van der Waals surface area contributed by atoms with E-state index in [4.69, 9.17) is 14.3 Å². The standard InChI is InChI=1S/C11H20N2O5/c1-11(2,3)18-10(15)12-8-7-17-13(9(8)14)5-6-16-4/h8H,5-7H2,1-4H3,(H,12,15)/t8-/m0/s1. The second-order valence-corrected chi connectivity index (χ2v) is 4.93. The van der Waals surface area contributed by atoms with Crippen LogP contribution in [0, 0.1) is 0 Å². The van der Waals surface area contributed by atoms with Gasteiger partial charge in [-0.25, -0.2) is 9.86 Å². The predicted octanol–water partition coefficient (Wildman–Crippen LogP) is 0.300. The first-order chi connectivity index (χ1) is 8.33. The van der Waals surface area contributed by atoms with Crippen molar-refractivity contribution in [2.45, 2.75) is 32.4 Å². The number of carbonyl (C=O) groups is 2. The lowest BCUT2D eigenvalue weighted by Gasteiger charge is -2.20. The molecule has 0 saturated carbocycles. The van der Waals surface area contributed by atoms with Crippen molar-refractivity contribution in [1.29, 1.82) is 0 Å². The lowest BCUT2D eigenvalue weighted by Crippen LogP contribution is -2.45. The molecule has 1 atom stereocenters. The number of hydroxylamine groups is 2. The summed E-state index contributed by atoms with van der Waals surface area (Å²) in [5.74, 6) is -0.294. The molecule has 0 radical (unpaired) electrons. The van der Waals surface area contributed by atoms with Crippen molar-refractivity contribution >= 4 is 12.0 Å². The summed E-state index contributed by atoms with van der Waals surface area (Å²) in [6.45, 7) is 6.09. The largest absolute Gasteiger partial charge is 0.444 e. The summed E-state index contributed by atoms with van der Waals surface area (Å²) in [5.41, 5.74) is -0.595. The number of hydrogen-bond acceptors (Lipinski definition) is 5. The van der Waals surface area contributed by atoms with Gasteiger partial charge in [0.2, 0.25) is 0 Å². The second kappa shape index (κ2) is 6.01. The Morgan fingerprint density at radius 1 is 1.56 bits per heavy atom. The molecule has 0 aromatic heterocycles. The minimum Gasteiger partial charge on any atom is -0.444 e. The van der Waals surface area contributed by atoms with Gasteiger partial charge in [0.1, 0.15) is 18.2 Å². The van der Waals surface area contributed by atoms with Crippen LogP contribution in [0.1, 0.15) is 20.8 Å². The quantitative estimate of drug-likeness (QED) is 0.786. The van der Waals surface area contributed by atoms with Crippen LogP contribution >= 0.6 is 0 Å². The normalized spacial score (nSPS) is 20.1. The van der Waals surface area contributed by atoms with Crippen LogP contribution in [-0.2, 0) is 19.1 Å². The molecule has 1 N–H and O–H groups in total. The number of nitrogens with one attached hydrogen (secondary N) is 1. The second-order valence-electron chi connectivity index (χ2n) is 4.93. The van der Waals surface area contributed by atoms with Gasteiger partial charge < -0.3 is 14.8 Å². The van der Waals surface area contributed by atoms with Crippen molar-refractivity contribution in [3.05, 3.63) is 0 Å². The fourth-order valence-corrected chi connectivity index (χ4v) is 1.38. The molecule has 1 fully saturated rings. The third-order valence-corrected chi connectivity index (χ3v) is 2.13. The van der Waals surface area contributed by atoms with Gasteiger partial charge in [-0.2, -0.15) is 0 Å². The zero-order chi connectivity index (χ0) is 13.8. The summed E-state index contributed by atoms with van der Waals surface area (Å²) in [5, 5.41) is 3.66. The summed E-state index contributed by atoms with van der Waals surface area (Å²) in [4.78, 5) is 28.4. The number of amides is 2. The molecule has 1 saturated heterocycles. The average molecular weight is 260 g/mol. The summed E-state index contributed by atoms with van der Waals surface area (Å²) < 4.78 is 9.91. The van der Waals surface area contributed by atoms with Crippen molar-refractivity contribution in [2.75, 3.05) is 26.9 Å². The van der Waals surface area contributed by atoms with Gasteiger partial charge in [0.25, 0.3) is 5.91 Å². The van der Waals surface area contributed by atoms with E-state index in [0.29, 0.717) is 13.2 Å². The summed E-state index contributed by atoms with van der Waals surface area (Å²) >= 11 is 0. The van der Waals surface area contributed by atoms with E-state index >= 15 is 0 Å². The Hall–Kier alpha value is -1.34. The van der Waals surface area contributed by atoms with Crippen molar-refractivity contribution < 1.29 is 23.9 Å². The molecule has 104 valence electrons. The van der Waals surface area contributed by atoms with Crippen LogP contribution in [0.15, 0.2) is 0 Å². The molecule has 7 heteroatoms. The van der Waals surface area contributed by atoms with E-state index in [1.165, 1.54) is 12.2 Å². The highest BCUT2D eigenvalue weighted by Crippen LogP contribution is 2.10. The Morgan fingerprint density at radius 2 is 2.22 bits per heavy atom. The summed E-state index contributed by atoms with van der Waals surface area (Å²) in [6.07, 6.45) is -0.627. The minimum atomic E-state index is -0.697. The smallest absolute Gasteiger partial charge is 0.408 e. The first-order valence-corrected chi connectivity index (χ1v) is 5.76. The van der Waals surface area contributed by atoms with E-state index in [1.54, 1.807) is 20.8 Å². The third-order valence-electron chi connectivity index (χ3n) is 2.13. The molecule has 0 aromatic rings. The Morgan fingerprint density at radius 3 is 2.78 bits per heavy atom. The van der Waals surface area contributed by atoms with Crippen molar-refractivity contribution in [2.24, 2.45) is 0 Å². The highest BCUT2D eigenvalue weighted by atomic mass is 16.7. The highest BCUT2D eigenvalue weighted by Gasteiger charge is 2.35. The first-order valence-electron chi connectivity index (χ1n) is 5.76. The molecule has 18 heavy (non-hydrogen) atoms. The van der Waals surface area contributed by atoms with Crippen LogP contribution in [0.4, 0.5) is 4.79 Å². The fourth-order valence-electron chi connectivity index (χ4n) is 1.38. The molecule has 0 aliphatic carbocycles. The number of rotatable bonds is 4. The Balaban J connectivity index is 2.40. The zero-order valence-corrected chi connectivity index (χ0v) is 11.2. The zero-order valence-electron chi connectivity index (χ0n) is 11.2. The number of nitrogens with zero attached hydrogens (tertiary/aromatic N) is 1. The minimum absolute atomic E-state index is 0.113. The fraction of sp³-hybridized carbons (Fsp3) is 0.818. The molecule has 0 unspecified atom stereocenters. The van der Waals surface area contributed by atoms with Gasteiger partial charge >= 0.3 is 6.09 Å². The summed E-state index contributed by atoms with van der Waals surface area (Å²) in [7, 11) is 1.54. The van der Waals surface area contributed by atoms with Crippen molar-refractivity contribution in [3.8, 4) is 0 Å². The third kappa shape index (κ3) is 4.50. The predicted molar refractivity (Wildman–Crippen MR) is 62.7 cm³/mol. The first kappa shape index (κ1) is 14.7. The maximum atomic E-state index is 11.8. The molecule has 0 spiro atoms.